The third-order valence-electron chi connectivity index (χ3n) is 3.80. The number of hydrogen-bond acceptors (Lipinski definition) is 1. The molecule has 2 rings (SSSR count). The highest BCUT2D eigenvalue weighted by Crippen LogP contribution is 2.57. The van der Waals surface area contributed by atoms with Crippen molar-refractivity contribution in [2.75, 3.05) is 13.2 Å². The average Bonchev–Trinajstić information content (AvgIpc) is 2.60. The van der Waals surface area contributed by atoms with Crippen molar-refractivity contribution in [3.8, 4) is 0 Å². The summed E-state index contributed by atoms with van der Waals surface area (Å²) in [5.74, 6) is 2.03. The topological polar surface area (TPSA) is 20.3 Å². The van der Waals surface area contributed by atoms with Crippen LogP contribution in [0.4, 0.5) is 0 Å². The largest absolute Gasteiger partial charge is 0.320 e. The lowest BCUT2D eigenvalue weighted by Crippen LogP contribution is -2.32. The Kier molecular flexibility index (Phi) is 5.30. The molecule has 112 valence electrons. The van der Waals surface area contributed by atoms with Crippen molar-refractivity contribution in [1.82, 2.24) is 4.90 Å². The normalized spacial score (nSPS) is 10.8. The Bertz CT molecular complexity index is 612. The Morgan fingerprint density at radius 1 is 1.00 bits per heavy atom. The van der Waals surface area contributed by atoms with Crippen LogP contribution in [0.3, 0.4) is 0 Å². The van der Waals surface area contributed by atoms with Gasteiger partial charge in [-0.2, -0.15) is 0 Å². The lowest BCUT2D eigenvalue weighted by molar-refractivity contribution is -0.124. The van der Waals surface area contributed by atoms with E-state index in [0.717, 1.165) is 0 Å². The van der Waals surface area contributed by atoms with Crippen molar-refractivity contribution in [2.24, 2.45) is 0 Å². The zero-order chi connectivity index (χ0) is 16.0. The molecule has 3 heteroatoms. The molecule has 0 fully saturated rings. The zero-order valence-electron chi connectivity index (χ0n) is 12.9. The van der Waals surface area contributed by atoms with Gasteiger partial charge in [0.1, 0.15) is 17.9 Å². The summed E-state index contributed by atoms with van der Waals surface area (Å²) in [6.45, 7) is 7.75. The third-order valence-corrected chi connectivity index (χ3v) is 7.63. The molecule has 0 aliphatic carbocycles. The maximum absolute atomic E-state index is 12.5. The molecule has 0 aliphatic heterocycles. The summed E-state index contributed by atoms with van der Waals surface area (Å²) in [4.78, 5) is 14.1. The summed E-state index contributed by atoms with van der Waals surface area (Å²) in [5.41, 5.74) is 0. The highest BCUT2D eigenvalue weighted by atomic mass is 31.2. The number of nitrogens with zero attached hydrogens (tertiary/aromatic N) is 1. The molecule has 0 heterocycles. The van der Waals surface area contributed by atoms with E-state index in [-0.39, 0.29) is 5.91 Å². The smallest absolute Gasteiger partial charge is 0.265 e. The van der Waals surface area contributed by atoms with Crippen molar-refractivity contribution in [3.05, 3.63) is 85.8 Å². The van der Waals surface area contributed by atoms with Gasteiger partial charge in [-0.1, -0.05) is 49.6 Å². The van der Waals surface area contributed by atoms with Gasteiger partial charge in [0.15, 0.2) is 6.16 Å². The highest BCUT2D eigenvalue weighted by Gasteiger charge is 2.42. The van der Waals surface area contributed by atoms with Crippen molar-refractivity contribution in [2.45, 2.75) is 0 Å². The van der Waals surface area contributed by atoms with E-state index >= 15 is 0 Å². The van der Waals surface area contributed by atoms with Crippen LogP contribution in [0.2, 0.25) is 0 Å². The van der Waals surface area contributed by atoms with E-state index in [2.05, 4.69) is 37.4 Å². The van der Waals surface area contributed by atoms with Gasteiger partial charge in [-0.25, -0.2) is 0 Å². The minimum Gasteiger partial charge on any atom is -0.320 e. The number of hydrogen-bond donors (Lipinski definition) is 0. The van der Waals surface area contributed by atoms with E-state index < -0.39 is 7.26 Å². The highest BCUT2D eigenvalue weighted by molar-refractivity contribution is 7.92. The second-order valence-electron chi connectivity index (χ2n) is 5.07. The second kappa shape index (κ2) is 7.20. The van der Waals surface area contributed by atoms with Crippen LogP contribution >= 0.6 is 7.26 Å². The van der Waals surface area contributed by atoms with E-state index in [1.165, 1.54) is 10.6 Å². The molecule has 0 spiro atoms. The first-order valence-electron chi connectivity index (χ1n) is 7.15. The Hall–Kier alpha value is -2.18. The minimum absolute atomic E-state index is 0.0518. The van der Waals surface area contributed by atoms with E-state index in [0.29, 0.717) is 6.16 Å². The third kappa shape index (κ3) is 3.18. The van der Waals surface area contributed by atoms with Crippen LogP contribution in [0, 0.1) is 0 Å². The molecule has 0 N–H and O–H groups in total. The van der Waals surface area contributed by atoms with Gasteiger partial charge in [0.2, 0.25) is 0 Å². The number of amides is 1. The van der Waals surface area contributed by atoms with E-state index in [1.807, 2.05) is 42.2 Å². The van der Waals surface area contributed by atoms with E-state index in [1.54, 1.807) is 18.1 Å². The summed E-state index contributed by atoms with van der Waals surface area (Å²) in [5, 5.41) is 2.34. The maximum atomic E-state index is 12.5. The van der Waals surface area contributed by atoms with Crippen molar-refractivity contribution in [3.63, 3.8) is 0 Å². The van der Waals surface area contributed by atoms with Gasteiger partial charge < -0.3 is 4.90 Å². The Balaban J connectivity index is 2.55. The van der Waals surface area contributed by atoms with Crippen LogP contribution in [0.1, 0.15) is 0 Å². The van der Waals surface area contributed by atoms with Crippen molar-refractivity contribution in [1.29, 1.82) is 0 Å². The lowest BCUT2D eigenvalue weighted by Gasteiger charge is -2.24. The predicted molar refractivity (Wildman–Crippen MR) is 97.1 cm³/mol. The summed E-state index contributed by atoms with van der Waals surface area (Å²) in [6.07, 6.45) is 1.98. The molecule has 2 aromatic carbocycles. The first-order chi connectivity index (χ1) is 10.6. The number of rotatable bonds is 6. The molecule has 0 saturated carbocycles. The van der Waals surface area contributed by atoms with Gasteiger partial charge in [-0.3, -0.25) is 4.79 Å². The predicted octanol–water partition coefficient (Wildman–Crippen LogP) is 3.40. The summed E-state index contributed by atoms with van der Waals surface area (Å²) >= 11 is 0. The second-order valence-corrected chi connectivity index (χ2v) is 8.52. The van der Waals surface area contributed by atoms with Crippen LogP contribution in [-0.4, -0.2) is 24.0 Å². The molecule has 22 heavy (non-hydrogen) atoms. The monoisotopic (exact) mass is 310 g/mol. The molecule has 0 aromatic heterocycles. The Labute approximate surface area is 133 Å². The van der Waals surface area contributed by atoms with Gasteiger partial charge in [0, 0.05) is 7.05 Å². The summed E-state index contributed by atoms with van der Waals surface area (Å²) in [7, 11) is -0.241. The van der Waals surface area contributed by atoms with E-state index in [9.17, 15) is 4.79 Å². The SMILES string of the molecule is C=CN(C)C(=O)C[P+](C=C)(c1ccccc1)c1ccccc1. The maximum Gasteiger partial charge on any atom is 0.265 e. The lowest BCUT2D eigenvalue weighted by atomic mass is 10.4. The van der Waals surface area contributed by atoms with Gasteiger partial charge >= 0.3 is 0 Å². The van der Waals surface area contributed by atoms with Crippen molar-refractivity contribution >= 4 is 23.8 Å². The quantitative estimate of drug-likeness (QED) is 0.749. The number of benzene rings is 2. The van der Waals surface area contributed by atoms with E-state index in [4.69, 9.17) is 0 Å². The van der Waals surface area contributed by atoms with Crippen LogP contribution in [0.15, 0.2) is 85.8 Å². The molecule has 0 atom stereocenters. The molecular formula is C19H21NOP+. The number of carbonyl (C=O) groups excluding carboxylic acids is 1. The molecule has 0 saturated heterocycles. The van der Waals surface area contributed by atoms with Crippen LogP contribution < -0.4 is 10.6 Å². The van der Waals surface area contributed by atoms with Crippen molar-refractivity contribution < 1.29 is 4.79 Å². The van der Waals surface area contributed by atoms with Crippen LogP contribution in [-0.2, 0) is 4.79 Å². The molecule has 2 aromatic rings. The molecular weight excluding hydrogens is 289 g/mol. The fourth-order valence-electron chi connectivity index (χ4n) is 2.42. The number of carbonyl (C=O) groups is 1. The zero-order valence-corrected chi connectivity index (χ0v) is 13.7. The Morgan fingerprint density at radius 3 is 1.82 bits per heavy atom. The fourth-order valence-corrected chi connectivity index (χ4v) is 5.69. The first-order valence-corrected chi connectivity index (χ1v) is 9.19. The molecule has 1 amide bonds. The molecule has 0 aliphatic rings. The fraction of sp³-hybridized carbons (Fsp3) is 0.105. The minimum atomic E-state index is -1.98. The van der Waals surface area contributed by atoms with Gasteiger partial charge in [0.05, 0.1) is 5.82 Å². The Morgan fingerprint density at radius 2 is 1.45 bits per heavy atom. The average molecular weight is 310 g/mol. The van der Waals surface area contributed by atoms with Crippen LogP contribution in [0.5, 0.6) is 0 Å². The standard InChI is InChI=1S/C19H21NOP/c1-4-20(3)19(21)16-22(5-2,17-12-8-6-9-13-17)18-14-10-7-11-15-18/h4-15H,1-2,16H2,3H3/q+1. The van der Waals surface area contributed by atoms with Gasteiger partial charge in [0.25, 0.3) is 5.91 Å². The molecule has 0 bridgehead atoms. The summed E-state index contributed by atoms with van der Waals surface area (Å²) < 4.78 is 0. The van der Waals surface area contributed by atoms with Crippen LogP contribution in [0.25, 0.3) is 0 Å². The molecule has 0 unspecified atom stereocenters. The molecule has 0 radical (unpaired) electrons. The van der Waals surface area contributed by atoms with Gasteiger partial charge in [-0.15, -0.1) is 0 Å². The first kappa shape index (κ1) is 16.2. The molecule has 2 nitrogen and oxygen atoms in total. The van der Waals surface area contributed by atoms with Gasteiger partial charge in [-0.05, 0) is 30.5 Å². The summed E-state index contributed by atoms with van der Waals surface area (Å²) in [6, 6.07) is 20.4.